The highest BCUT2D eigenvalue weighted by molar-refractivity contribution is 6.05. The van der Waals surface area contributed by atoms with Gasteiger partial charge in [-0.25, -0.2) is 0 Å². The number of para-hydroxylation sites is 2. The Balaban J connectivity index is 0.00000144. The predicted molar refractivity (Wildman–Crippen MR) is 102 cm³/mol. The Morgan fingerprint density at radius 1 is 1.12 bits per heavy atom. The van der Waals surface area contributed by atoms with Crippen molar-refractivity contribution in [2.45, 2.75) is 12.5 Å². The van der Waals surface area contributed by atoms with Crippen molar-refractivity contribution in [2.75, 3.05) is 24.1 Å². The number of nitrogens with two attached hydrogens (primary N) is 1. The maximum atomic E-state index is 12.2. The Morgan fingerprint density at radius 2 is 1.83 bits per heavy atom. The van der Waals surface area contributed by atoms with Gasteiger partial charge in [-0.1, -0.05) is 12.1 Å². The number of halogens is 2. The second kappa shape index (κ2) is 9.37. The second-order valence-corrected chi connectivity index (χ2v) is 5.30. The third-order valence-electron chi connectivity index (χ3n) is 3.64. The fraction of sp³-hybridized carbons (Fsp3) is 0.235. The van der Waals surface area contributed by atoms with Crippen LogP contribution in [0.3, 0.4) is 0 Å². The van der Waals surface area contributed by atoms with E-state index in [2.05, 4.69) is 10.6 Å². The molecule has 0 aromatic heterocycles. The quantitative estimate of drug-likeness (QED) is 0.723. The van der Waals surface area contributed by atoms with Gasteiger partial charge in [0.25, 0.3) is 5.91 Å². The molecule has 1 unspecified atom stereocenters. The molecular formula is C17H21Cl2N3O2. The Kier molecular flexibility index (Phi) is 7.85. The average molecular weight is 370 g/mol. The van der Waals surface area contributed by atoms with Crippen molar-refractivity contribution in [2.24, 2.45) is 0 Å². The predicted octanol–water partition coefficient (Wildman–Crippen LogP) is 3.11. The third kappa shape index (κ3) is 5.03. The van der Waals surface area contributed by atoms with E-state index in [1.54, 1.807) is 24.3 Å². The van der Waals surface area contributed by atoms with Gasteiger partial charge in [0, 0.05) is 12.1 Å². The van der Waals surface area contributed by atoms with Crippen LogP contribution in [0.1, 0.15) is 16.8 Å². The molecule has 1 aliphatic rings. The third-order valence-corrected chi connectivity index (χ3v) is 3.64. The number of carbonyl (C=O) groups excluding carboxylic acids is 1. The van der Waals surface area contributed by atoms with E-state index in [9.17, 15) is 4.79 Å². The zero-order chi connectivity index (χ0) is 15.4. The lowest BCUT2D eigenvalue weighted by molar-refractivity contribution is 0.102. The average Bonchev–Trinajstić information content (AvgIpc) is 3.03. The Labute approximate surface area is 153 Å². The van der Waals surface area contributed by atoms with Gasteiger partial charge in [0.1, 0.15) is 11.9 Å². The SMILES string of the molecule is Cl.Cl.Nc1ccccc1NC(=O)c1ccc(OC2CCNC2)cc1. The smallest absolute Gasteiger partial charge is 0.255 e. The molecule has 1 atom stereocenters. The Hall–Kier alpha value is -1.95. The fourth-order valence-electron chi connectivity index (χ4n) is 2.41. The highest BCUT2D eigenvalue weighted by Crippen LogP contribution is 2.20. The summed E-state index contributed by atoms with van der Waals surface area (Å²) in [7, 11) is 0. The van der Waals surface area contributed by atoms with Crippen molar-refractivity contribution in [1.29, 1.82) is 0 Å². The van der Waals surface area contributed by atoms with E-state index in [1.807, 2.05) is 24.3 Å². The van der Waals surface area contributed by atoms with Crippen LogP contribution in [0.15, 0.2) is 48.5 Å². The van der Waals surface area contributed by atoms with E-state index in [0.29, 0.717) is 16.9 Å². The molecule has 0 radical (unpaired) electrons. The number of nitrogen functional groups attached to an aromatic ring is 1. The number of benzene rings is 2. The van der Waals surface area contributed by atoms with Crippen LogP contribution in [0.25, 0.3) is 0 Å². The van der Waals surface area contributed by atoms with E-state index >= 15 is 0 Å². The van der Waals surface area contributed by atoms with Crippen LogP contribution >= 0.6 is 24.8 Å². The Morgan fingerprint density at radius 3 is 2.46 bits per heavy atom. The summed E-state index contributed by atoms with van der Waals surface area (Å²) in [5, 5.41) is 6.06. The van der Waals surface area contributed by atoms with Crippen molar-refractivity contribution in [1.82, 2.24) is 5.32 Å². The Bertz CT molecular complexity index is 659. The molecule has 2 aromatic rings. The molecule has 0 spiro atoms. The van der Waals surface area contributed by atoms with Gasteiger partial charge in [-0.3, -0.25) is 4.79 Å². The van der Waals surface area contributed by atoms with Crippen LogP contribution in [0.2, 0.25) is 0 Å². The second-order valence-electron chi connectivity index (χ2n) is 5.30. The number of ether oxygens (including phenoxy) is 1. The van der Waals surface area contributed by atoms with Gasteiger partial charge in [-0.15, -0.1) is 24.8 Å². The number of rotatable bonds is 4. The highest BCUT2D eigenvalue weighted by atomic mass is 35.5. The monoisotopic (exact) mass is 369 g/mol. The standard InChI is InChI=1S/C17H19N3O2.2ClH/c18-15-3-1-2-4-16(15)20-17(21)12-5-7-13(8-6-12)22-14-9-10-19-11-14;;/h1-8,14,19H,9-11,18H2,(H,20,21);2*1H. The molecule has 24 heavy (non-hydrogen) atoms. The minimum Gasteiger partial charge on any atom is -0.489 e. The molecule has 4 N–H and O–H groups in total. The summed E-state index contributed by atoms with van der Waals surface area (Å²) in [4.78, 5) is 12.2. The summed E-state index contributed by atoms with van der Waals surface area (Å²) in [5.41, 5.74) is 7.55. The summed E-state index contributed by atoms with van der Waals surface area (Å²) in [6.45, 7) is 1.86. The molecule has 1 saturated heterocycles. The summed E-state index contributed by atoms with van der Waals surface area (Å²) < 4.78 is 5.83. The molecule has 1 fully saturated rings. The topological polar surface area (TPSA) is 76.4 Å². The van der Waals surface area contributed by atoms with Crippen molar-refractivity contribution in [3.63, 3.8) is 0 Å². The van der Waals surface area contributed by atoms with E-state index in [0.717, 1.165) is 25.3 Å². The number of amides is 1. The number of carbonyl (C=O) groups is 1. The summed E-state index contributed by atoms with van der Waals surface area (Å²) in [6, 6.07) is 14.3. The number of nitrogens with one attached hydrogen (secondary N) is 2. The van der Waals surface area contributed by atoms with Crippen LogP contribution in [-0.4, -0.2) is 25.1 Å². The van der Waals surface area contributed by atoms with E-state index in [4.69, 9.17) is 10.5 Å². The molecular weight excluding hydrogens is 349 g/mol. The lowest BCUT2D eigenvalue weighted by Gasteiger charge is -2.13. The normalized spacial score (nSPS) is 15.8. The minimum absolute atomic E-state index is 0. The maximum Gasteiger partial charge on any atom is 0.255 e. The molecule has 7 heteroatoms. The van der Waals surface area contributed by atoms with Gasteiger partial charge in [0.15, 0.2) is 0 Å². The molecule has 2 aromatic carbocycles. The van der Waals surface area contributed by atoms with Gasteiger partial charge in [-0.05, 0) is 49.4 Å². The zero-order valence-corrected chi connectivity index (χ0v) is 14.7. The lowest BCUT2D eigenvalue weighted by Crippen LogP contribution is -2.19. The van der Waals surface area contributed by atoms with Crippen LogP contribution in [0.5, 0.6) is 5.75 Å². The number of hydrogen-bond donors (Lipinski definition) is 3. The molecule has 0 bridgehead atoms. The van der Waals surface area contributed by atoms with Gasteiger partial charge in [-0.2, -0.15) is 0 Å². The first-order chi connectivity index (χ1) is 10.7. The van der Waals surface area contributed by atoms with Crippen LogP contribution in [0.4, 0.5) is 11.4 Å². The number of hydrogen-bond acceptors (Lipinski definition) is 4. The molecule has 1 amide bonds. The van der Waals surface area contributed by atoms with Crippen LogP contribution in [-0.2, 0) is 0 Å². The summed E-state index contributed by atoms with van der Waals surface area (Å²) in [5.74, 6) is 0.594. The van der Waals surface area contributed by atoms with Crippen molar-refractivity contribution in [3.05, 3.63) is 54.1 Å². The fourth-order valence-corrected chi connectivity index (χ4v) is 2.41. The van der Waals surface area contributed by atoms with Gasteiger partial charge in [0.2, 0.25) is 0 Å². The molecule has 5 nitrogen and oxygen atoms in total. The van der Waals surface area contributed by atoms with Gasteiger partial charge in [0.05, 0.1) is 11.4 Å². The van der Waals surface area contributed by atoms with Crippen molar-refractivity contribution in [3.8, 4) is 5.75 Å². The van der Waals surface area contributed by atoms with Gasteiger partial charge >= 0.3 is 0 Å². The molecule has 0 saturated carbocycles. The zero-order valence-electron chi connectivity index (χ0n) is 13.0. The molecule has 1 heterocycles. The van der Waals surface area contributed by atoms with Crippen LogP contribution in [0, 0.1) is 0 Å². The molecule has 0 aliphatic carbocycles. The largest absolute Gasteiger partial charge is 0.489 e. The minimum atomic E-state index is -0.188. The molecule has 1 aliphatic heterocycles. The van der Waals surface area contributed by atoms with E-state index in [1.165, 1.54) is 0 Å². The number of anilines is 2. The summed E-state index contributed by atoms with van der Waals surface area (Å²) in [6.07, 6.45) is 1.22. The summed E-state index contributed by atoms with van der Waals surface area (Å²) >= 11 is 0. The molecule has 130 valence electrons. The van der Waals surface area contributed by atoms with E-state index in [-0.39, 0.29) is 36.8 Å². The first-order valence-corrected chi connectivity index (χ1v) is 7.35. The maximum absolute atomic E-state index is 12.2. The van der Waals surface area contributed by atoms with Crippen LogP contribution < -0.4 is 21.1 Å². The first kappa shape index (κ1) is 20.1. The molecule has 3 rings (SSSR count). The van der Waals surface area contributed by atoms with Gasteiger partial charge < -0.3 is 21.1 Å². The van der Waals surface area contributed by atoms with E-state index < -0.39 is 0 Å². The van der Waals surface area contributed by atoms with Crippen molar-refractivity contribution < 1.29 is 9.53 Å². The first-order valence-electron chi connectivity index (χ1n) is 7.35. The highest BCUT2D eigenvalue weighted by Gasteiger charge is 2.16. The van der Waals surface area contributed by atoms with Crippen molar-refractivity contribution >= 4 is 42.1 Å². The lowest BCUT2D eigenvalue weighted by atomic mass is 10.2.